The Morgan fingerprint density at radius 1 is 1.62 bits per heavy atom. The average Bonchev–Trinajstić information content (AvgIpc) is 2.80. The predicted molar refractivity (Wildman–Crippen MR) is 56.7 cm³/mol. The smallest absolute Gasteiger partial charge is 0.247 e. The lowest BCUT2D eigenvalue weighted by atomic mass is 10.2. The Morgan fingerprint density at radius 3 is 3.06 bits per heavy atom. The summed E-state index contributed by atoms with van der Waals surface area (Å²) in [6.07, 6.45) is 3.11. The monoisotopic (exact) mass is 224 g/mol. The van der Waals surface area contributed by atoms with Gasteiger partial charge in [0.25, 0.3) is 0 Å². The summed E-state index contributed by atoms with van der Waals surface area (Å²) in [4.78, 5) is 17.8. The largest absolute Gasteiger partial charge is 0.375 e. The zero-order chi connectivity index (χ0) is 11.5. The summed E-state index contributed by atoms with van der Waals surface area (Å²) in [7, 11) is 0. The van der Waals surface area contributed by atoms with E-state index >= 15 is 0 Å². The van der Waals surface area contributed by atoms with Crippen molar-refractivity contribution in [3.63, 3.8) is 0 Å². The number of ether oxygens (including phenoxy) is 1. The molecule has 0 aromatic carbocycles. The highest BCUT2D eigenvalue weighted by Gasteiger charge is 2.26. The molecule has 6 heteroatoms. The van der Waals surface area contributed by atoms with Gasteiger partial charge in [-0.15, -0.1) is 0 Å². The third-order valence-electron chi connectivity index (χ3n) is 2.74. The number of hydrogen-bond donors (Lipinski definition) is 0. The van der Waals surface area contributed by atoms with E-state index in [1.807, 2.05) is 18.7 Å². The first-order chi connectivity index (χ1) is 7.68. The van der Waals surface area contributed by atoms with Crippen molar-refractivity contribution in [1.29, 1.82) is 0 Å². The normalized spacial score (nSPS) is 23.1. The molecule has 0 spiro atoms. The van der Waals surface area contributed by atoms with Gasteiger partial charge in [-0.25, -0.2) is 9.67 Å². The molecule has 6 nitrogen and oxygen atoms in total. The molecule has 1 aliphatic rings. The first kappa shape index (κ1) is 11.1. The number of carbonyl (C=O) groups excluding carboxylic acids is 1. The summed E-state index contributed by atoms with van der Waals surface area (Å²) in [5.41, 5.74) is 0. The Labute approximate surface area is 94.2 Å². The van der Waals surface area contributed by atoms with Crippen LogP contribution in [0.2, 0.25) is 0 Å². The number of amides is 1. The zero-order valence-electron chi connectivity index (χ0n) is 9.54. The minimum Gasteiger partial charge on any atom is -0.375 e. The van der Waals surface area contributed by atoms with Gasteiger partial charge in [-0.2, -0.15) is 5.10 Å². The Morgan fingerprint density at radius 2 is 2.44 bits per heavy atom. The van der Waals surface area contributed by atoms with Gasteiger partial charge in [-0.05, 0) is 13.8 Å². The lowest BCUT2D eigenvalue weighted by Gasteiger charge is -2.32. The molecule has 1 aromatic heterocycles. The molecule has 16 heavy (non-hydrogen) atoms. The first-order valence-electron chi connectivity index (χ1n) is 5.43. The van der Waals surface area contributed by atoms with E-state index in [1.165, 1.54) is 6.33 Å². The average molecular weight is 224 g/mol. The van der Waals surface area contributed by atoms with E-state index < -0.39 is 0 Å². The van der Waals surface area contributed by atoms with Crippen molar-refractivity contribution >= 4 is 5.91 Å². The fourth-order valence-corrected chi connectivity index (χ4v) is 1.81. The van der Waals surface area contributed by atoms with Crippen LogP contribution in [0.15, 0.2) is 12.7 Å². The van der Waals surface area contributed by atoms with Crippen LogP contribution in [0.4, 0.5) is 0 Å². The molecule has 1 saturated heterocycles. The maximum Gasteiger partial charge on any atom is 0.247 e. The van der Waals surface area contributed by atoms with Crippen molar-refractivity contribution < 1.29 is 9.53 Å². The molecule has 0 N–H and O–H groups in total. The number of carbonyl (C=O) groups is 1. The molecular formula is C10H16N4O2. The Kier molecular flexibility index (Phi) is 3.19. The fraction of sp³-hybridized carbons (Fsp3) is 0.700. The van der Waals surface area contributed by atoms with Crippen molar-refractivity contribution in [3.05, 3.63) is 12.7 Å². The minimum atomic E-state index is -0.298. The number of nitrogens with zero attached hydrogens (tertiary/aromatic N) is 4. The maximum atomic E-state index is 12.1. The summed E-state index contributed by atoms with van der Waals surface area (Å²) < 4.78 is 6.97. The molecule has 0 radical (unpaired) electrons. The van der Waals surface area contributed by atoms with Crippen molar-refractivity contribution in [3.8, 4) is 0 Å². The first-order valence-corrected chi connectivity index (χ1v) is 5.43. The molecule has 0 unspecified atom stereocenters. The van der Waals surface area contributed by atoms with E-state index in [4.69, 9.17) is 4.74 Å². The van der Waals surface area contributed by atoms with E-state index in [-0.39, 0.29) is 18.1 Å². The maximum absolute atomic E-state index is 12.1. The SMILES string of the molecule is C[C@@H]1CN(C(=O)[C@@H](C)n2cncn2)CCO1. The van der Waals surface area contributed by atoms with Crippen LogP contribution in [0.3, 0.4) is 0 Å². The highest BCUT2D eigenvalue weighted by atomic mass is 16.5. The summed E-state index contributed by atoms with van der Waals surface area (Å²) in [6, 6.07) is -0.298. The van der Waals surface area contributed by atoms with E-state index in [9.17, 15) is 4.79 Å². The van der Waals surface area contributed by atoms with E-state index in [2.05, 4.69) is 10.1 Å². The topological polar surface area (TPSA) is 60.2 Å². The second-order valence-corrected chi connectivity index (χ2v) is 4.02. The van der Waals surface area contributed by atoms with E-state index in [1.54, 1.807) is 11.0 Å². The predicted octanol–water partition coefficient (Wildman–Crippen LogP) is 0.0864. The highest BCUT2D eigenvalue weighted by molar-refractivity contribution is 5.80. The molecule has 88 valence electrons. The molecule has 0 saturated carbocycles. The quantitative estimate of drug-likeness (QED) is 0.714. The molecule has 2 atom stereocenters. The van der Waals surface area contributed by atoms with Crippen molar-refractivity contribution in [2.45, 2.75) is 26.0 Å². The van der Waals surface area contributed by atoms with Crippen LogP contribution in [0, 0.1) is 0 Å². The number of rotatable bonds is 2. The molecule has 0 aliphatic carbocycles. The van der Waals surface area contributed by atoms with Crippen LogP contribution < -0.4 is 0 Å². The van der Waals surface area contributed by atoms with Crippen LogP contribution in [0.5, 0.6) is 0 Å². The summed E-state index contributed by atoms with van der Waals surface area (Å²) in [5, 5.41) is 3.98. The molecule has 2 rings (SSSR count). The van der Waals surface area contributed by atoms with Gasteiger partial charge in [-0.3, -0.25) is 4.79 Å². The highest BCUT2D eigenvalue weighted by Crippen LogP contribution is 2.12. The second-order valence-electron chi connectivity index (χ2n) is 4.02. The number of hydrogen-bond acceptors (Lipinski definition) is 4. The summed E-state index contributed by atoms with van der Waals surface area (Å²) >= 11 is 0. The van der Waals surface area contributed by atoms with Gasteiger partial charge in [-0.1, -0.05) is 0 Å². The molecule has 1 fully saturated rings. The Balaban J connectivity index is 2.01. The molecular weight excluding hydrogens is 208 g/mol. The Bertz CT molecular complexity index is 352. The van der Waals surface area contributed by atoms with Gasteiger partial charge in [0.1, 0.15) is 18.7 Å². The van der Waals surface area contributed by atoms with E-state index in [0.717, 1.165) is 0 Å². The molecule has 1 aromatic rings. The van der Waals surface area contributed by atoms with E-state index in [0.29, 0.717) is 19.7 Å². The number of morpholine rings is 1. The van der Waals surface area contributed by atoms with Gasteiger partial charge in [0, 0.05) is 13.1 Å². The third-order valence-corrected chi connectivity index (χ3v) is 2.74. The van der Waals surface area contributed by atoms with Gasteiger partial charge in [0.05, 0.1) is 12.7 Å². The number of aromatic nitrogens is 3. The molecule has 1 aliphatic heterocycles. The fourth-order valence-electron chi connectivity index (χ4n) is 1.81. The minimum absolute atomic E-state index is 0.0700. The standard InChI is InChI=1S/C10H16N4O2/c1-8-5-13(3-4-16-8)10(15)9(2)14-7-11-6-12-14/h6-9H,3-5H2,1-2H3/t8-,9-/m1/s1. The van der Waals surface area contributed by atoms with Crippen LogP contribution >= 0.6 is 0 Å². The van der Waals surface area contributed by atoms with Crippen molar-refractivity contribution in [1.82, 2.24) is 19.7 Å². The van der Waals surface area contributed by atoms with Crippen LogP contribution in [0.25, 0.3) is 0 Å². The van der Waals surface area contributed by atoms with Crippen LogP contribution in [-0.2, 0) is 9.53 Å². The van der Waals surface area contributed by atoms with Crippen LogP contribution in [0.1, 0.15) is 19.9 Å². The van der Waals surface area contributed by atoms with Gasteiger partial charge < -0.3 is 9.64 Å². The Hall–Kier alpha value is -1.43. The van der Waals surface area contributed by atoms with Crippen molar-refractivity contribution in [2.75, 3.05) is 19.7 Å². The second kappa shape index (κ2) is 4.61. The lowest BCUT2D eigenvalue weighted by molar-refractivity contribution is -0.141. The van der Waals surface area contributed by atoms with Gasteiger partial charge in [0.2, 0.25) is 5.91 Å². The summed E-state index contributed by atoms with van der Waals surface area (Å²) in [6.45, 7) is 5.72. The van der Waals surface area contributed by atoms with Gasteiger partial charge >= 0.3 is 0 Å². The van der Waals surface area contributed by atoms with Crippen LogP contribution in [-0.4, -0.2) is 51.4 Å². The van der Waals surface area contributed by atoms with Gasteiger partial charge in [0.15, 0.2) is 0 Å². The zero-order valence-corrected chi connectivity index (χ0v) is 9.54. The van der Waals surface area contributed by atoms with Crippen molar-refractivity contribution in [2.24, 2.45) is 0 Å². The third kappa shape index (κ3) is 2.21. The summed E-state index contributed by atoms with van der Waals surface area (Å²) in [5.74, 6) is 0.0700. The molecule has 1 amide bonds. The lowest BCUT2D eigenvalue weighted by Crippen LogP contribution is -2.46. The molecule has 0 bridgehead atoms. The molecule has 2 heterocycles.